The Morgan fingerprint density at radius 1 is 1.21 bits per heavy atom. The first-order valence-electron chi connectivity index (χ1n) is 9.91. The summed E-state index contributed by atoms with van der Waals surface area (Å²) in [6, 6.07) is 2.19. The molecule has 0 bridgehead atoms. The summed E-state index contributed by atoms with van der Waals surface area (Å²) in [7, 11) is 0. The molecule has 0 aliphatic carbocycles. The van der Waals surface area contributed by atoms with Crippen LogP contribution >= 0.6 is 0 Å². The third-order valence-electron chi connectivity index (χ3n) is 5.25. The minimum atomic E-state index is 0.177. The smallest absolute Gasteiger partial charge is 0.230 e. The number of aliphatic hydroxyl groups excluding tert-OH is 1. The van der Waals surface area contributed by atoms with E-state index in [4.69, 9.17) is 9.97 Å². The van der Waals surface area contributed by atoms with Crippen LogP contribution in [0.3, 0.4) is 0 Å². The van der Waals surface area contributed by atoms with Crippen LogP contribution in [0.4, 0.5) is 11.9 Å². The van der Waals surface area contributed by atoms with Gasteiger partial charge in [-0.3, -0.25) is 0 Å². The van der Waals surface area contributed by atoms with E-state index in [0.717, 1.165) is 49.0 Å². The van der Waals surface area contributed by atoms with Crippen LogP contribution in [0.2, 0.25) is 0 Å². The van der Waals surface area contributed by atoms with Crippen molar-refractivity contribution in [1.29, 1.82) is 0 Å². The minimum Gasteiger partial charge on any atom is -0.396 e. The third kappa shape index (κ3) is 3.75. The topological polar surface area (TPSA) is 104 Å². The van der Waals surface area contributed by atoms with Gasteiger partial charge in [0.25, 0.3) is 0 Å². The number of aromatic nitrogens is 6. The number of nitrogens with one attached hydrogen (secondary N) is 1. The highest BCUT2D eigenvalue weighted by Crippen LogP contribution is 2.26. The number of aryl methyl sites for hydroxylation is 1. The Kier molecular flexibility index (Phi) is 5.61. The van der Waals surface area contributed by atoms with Crippen molar-refractivity contribution < 1.29 is 5.11 Å². The maximum Gasteiger partial charge on any atom is 0.230 e. The fourth-order valence-corrected chi connectivity index (χ4v) is 3.72. The van der Waals surface area contributed by atoms with E-state index in [0.29, 0.717) is 18.4 Å². The molecule has 0 amide bonds. The van der Waals surface area contributed by atoms with Crippen molar-refractivity contribution in [3.63, 3.8) is 0 Å². The predicted octanol–water partition coefficient (Wildman–Crippen LogP) is 1.83. The van der Waals surface area contributed by atoms with Crippen LogP contribution in [0.15, 0.2) is 24.7 Å². The van der Waals surface area contributed by atoms with Gasteiger partial charge in [0.1, 0.15) is 0 Å². The van der Waals surface area contributed by atoms with Gasteiger partial charge in [0, 0.05) is 37.5 Å². The summed E-state index contributed by atoms with van der Waals surface area (Å²) in [4.78, 5) is 11.9. The van der Waals surface area contributed by atoms with Crippen molar-refractivity contribution in [2.45, 2.75) is 51.6 Å². The van der Waals surface area contributed by atoms with Crippen LogP contribution in [-0.4, -0.2) is 54.1 Å². The van der Waals surface area contributed by atoms with Crippen LogP contribution < -0.4 is 10.2 Å². The fourth-order valence-electron chi connectivity index (χ4n) is 3.72. The summed E-state index contributed by atoms with van der Waals surface area (Å²) in [5.74, 6) is 1.36. The van der Waals surface area contributed by atoms with E-state index >= 15 is 0 Å². The van der Waals surface area contributed by atoms with Gasteiger partial charge in [0.2, 0.25) is 11.9 Å². The van der Waals surface area contributed by atoms with Gasteiger partial charge in [-0.05, 0) is 43.7 Å². The second kappa shape index (κ2) is 8.47. The lowest BCUT2D eigenvalue weighted by Crippen LogP contribution is -2.41. The summed E-state index contributed by atoms with van der Waals surface area (Å²) >= 11 is 0. The van der Waals surface area contributed by atoms with E-state index in [9.17, 15) is 5.11 Å². The van der Waals surface area contributed by atoms with Crippen molar-refractivity contribution in [3.8, 4) is 0 Å². The quantitative estimate of drug-likeness (QED) is 0.638. The van der Waals surface area contributed by atoms with E-state index in [2.05, 4.69) is 32.4 Å². The van der Waals surface area contributed by atoms with Crippen LogP contribution in [-0.2, 0) is 13.0 Å². The first-order chi connectivity index (χ1) is 13.8. The maximum absolute atomic E-state index is 9.46. The molecule has 3 aromatic rings. The normalized spacial score (nSPS) is 17.2. The molecule has 148 valence electrons. The lowest BCUT2D eigenvalue weighted by atomic mass is 10.0. The zero-order valence-electron chi connectivity index (χ0n) is 16.1. The molecule has 0 unspecified atom stereocenters. The van der Waals surface area contributed by atoms with Gasteiger partial charge < -0.3 is 15.3 Å². The largest absolute Gasteiger partial charge is 0.396 e. The van der Waals surface area contributed by atoms with Crippen molar-refractivity contribution >= 4 is 17.5 Å². The van der Waals surface area contributed by atoms with Crippen molar-refractivity contribution in [1.82, 2.24) is 29.8 Å². The Labute approximate surface area is 163 Å². The second-order valence-corrected chi connectivity index (χ2v) is 7.07. The molecule has 3 aromatic heterocycles. The number of hydrogen-bond acceptors (Lipinski definition) is 8. The molecule has 1 fully saturated rings. The Balaban J connectivity index is 1.70. The summed E-state index contributed by atoms with van der Waals surface area (Å²) in [5, 5.41) is 25.1. The van der Waals surface area contributed by atoms with Gasteiger partial charge in [0.15, 0.2) is 5.65 Å². The second-order valence-electron chi connectivity index (χ2n) is 7.07. The molecule has 0 aromatic carbocycles. The highest BCUT2D eigenvalue weighted by Gasteiger charge is 2.26. The van der Waals surface area contributed by atoms with E-state index in [-0.39, 0.29) is 12.6 Å². The Bertz CT molecular complexity index is 911. The zero-order valence-corrected chi connectivity index (χ0v) is 16.1. The number of piperidine rings is 1. The molecule has 28 heavy (non-hydrogen) atoms. The maximum atomic E-state index is 9.46. The van der Waals surface area contributed by atoms with Crippen molar-refractivity contribution in [2.75, 3.05) is 23.4 Å². The Morgan fingerprint density at radius 3 is 2.93 bits per heavy atom. The number of aliphatic hydroxyl groups is 1. The highest BCUT2D eigenvalue weighted by atomic mass is 16.3. The minimum absolute atomic E-state index is 0.177. The number of hydrogen-bond donors (Lipinski definition) is 2. The summed E-state index contributed by atoms with van der Waals surface area (Å²) in [5.41, 5.74) is 2.94. The average molecular weight is 382 g/mol. The van der Waals surface area contributed by atoms with Crippen LogP contribution in [0.1, 0.15) is 43.7 Å². The van der Waals surface area contributed by atoms with Crippen LogP contribution in [0.25, 0.3) is 5.65 Å². The first-order valence-corrected chi connectivity index (χ1v) is 9.91. The molecule has 1 saturated heterocycles. The first kappa shape index (κ1) is 18.5. The van der Waals surface area contributed by atoms with Gasteiger partial charge in [-0.2, -0.15) is 29.8 Å². The third-order valence-corrected chi connectivity index (χ3v) is 5.25. The Morgan fingerprint density at radius 2 is 2.14 bits per heavy atom. The SMILES string of the molecule is CCc1cnn2c(NCc3ccnnc3)nc(N3CCCC[C@H]3CCO)nc12. The molecule has 1 aliphatic heterocycles. The van der Waals surface area contributed by atoms with Gasteiger partial charge in [0.05, 0.1) is 12.4 Å². The molecule has 1 atom stereocenters. The molecule has 0 radical (unpaired) electrons. The highest BCUT2D eigenvalue weighted by molar-refractivity contribution is 5.55. The lowest BCUT2D eigenvalue weighted by molar-refractivity contribution is 0.261. The molecule has 1 aliphatic rings. The van der Waals surface area contributed by atoms with Crippen molar-refractivity contribution in [2.24, 2.45) is 0 Å². The Hall–Kier alpha value is -2.81. The predicted molar refractivity (Wildman–Crippen MR) is 106 cm³/mol. The standard InChI is InChI=1S/C19H26N8O/c1-2-15-13-23-27-17(15)24-19(26-9-4-3-5-16(26)7-10-28)25-18(27)20-11-14-6-8-21-22-12-14/h6,8,12-13,16,28H,2-5,7,9-11H2,1H3,(H,20,24,25)/t16-/m0/s1. The fraction of sp³-hybridized carbons (Fsp3) is 0.526. The zero-order chi connectivity index (χ0) is 19.3. The number of rotatable bonds is 7. The van der Waals surface area contributed by atoms with Crippen LogP contribution in [0.5, 0.6) is 0 Å². The summed E-state index contributed by atoms with van der Waals surface area (Å²) < 4.78 is 1.77. The number of anilines is 2. The average Bonchev–Trinajstić information content (AvgIpc) is 3.16. The molecular weight excluding hydrogens is 356 g/mol. The van der Waals surface area contributed by atoms with Gasteiger partial charge >= 0.3 is 0 Å². The lowest BCUT2D eigenvalue weighted by Gasteiger charge is -2.35. The van der Waals surface area contributed by atoms with Gasteiger partial charge in [-0.1, -0.05) is 6.92 Å². The van der Waals surface area contributed by atoms with Gasteiger partial charge in [-0.15, -0.1) is 0 Å². The summed E-state index contributed by atoms with van der Waals surface area (Å²) in [6.45, 7) is 3.76. The van der Waals surface area contributed by atoms with E-state index in [1.807, 2.05) is 12.3 Å². The molecule has 9 nitrogen and oxygen atoms in total. The molecule has 0 saturated carbocycles. The van der Waals surface area contributed by atoms with Crippen molar-refractivity contribution in [3.05, 3.63) is 35.8 Å². The molecule has 0 spiro atoms. The molecule has 9 heteroatoms. The van der Waals surface area contributed by atoms with Gasteiger partial charge in [-0.25, -0.2) is 0 Å². The van der Waals surface area contributed by atoms with E-state index < -0.39 is 0 Å². The van der Waals surface area contributed by atoms with E-state index in [1.165, 1.54) is 6.42 Å². The molecule has 4 rings (SSSR count). The molecule has 2 N–H and O–H groups in total. The number of nitrogens with zero attached hydrogens (tertiary/aromatic N) is 7. The van der Waals surface area contributed by atoms with Crippen LogP contribution in [0, 0.1) is 0 Å². The molecular formula is C19H26N8O. The molecule has 4 heterocycles. The monoisotopic (exact) mass is 382 g/mol. The summed E-state index contributed by atoms with van der Waals surface area (Å²) in [6.07, 6.45) is 10.2. The van der Waals surface area contributed by atoms with E-state index in [1.54, 1.807) is 16.9 Å². The number of fused-ring (bicyclic) bond motifs is 1.